The highest BCUT2D eigenvalue weighted by Gasteiger charge is 2.29. The maximum Gasteiger partial charge on any atom is 0.266 e. The maximum absolute atomic E-state index is 13.7. The van der Waals surface area contributed by atoms with Gasteiger partial charge < -0.3 is 14.4 Å². The number of hydrogen-bond acceptors (Lipinski definition) is 5. The minimum absolute atomic E-state index is 0.00213. The van der Waals surface area contributed by atoms with Crippen molar-refractivity contribution in [3.8, 4) is 11.4 Å². The lowest BCUT2D eigenvalue weighted by Crippen LogP contribution is -2.40. The first kappa shape index (κ1) is 25.4. The number of nitrogens with zero attached hydrogens (tertiary/aromatic N) is 3. The van der Waals surface area contributed by atoms with Crippen LogP contribution in [0.25, 0.3) is 16.6 Å². The molecule has 1 heterocycles. The molecule has 1 atom stereocenters. The lowest BCUT2D eigenvalue weighted by molar-refractivity contribution is -0.136. The topological polar surface area (TPSA) is 73.7 Å². The molecule has 2 aromatic carbocycles. The summed E-state index contributed by atoms with van der Waals surface area (Å²) in [4.78, 5) is 33.6. The van der Waals surface area contributed by atoms with Crippen molar-refractivity contribution in [2.24, 2.45) is 5.41 Å². The van der Waals surface area contributed by atoms with E-state index in [1.165, 1.54) is 0 Å². The van der Waals surface area contributed by atoms with Crippen molar-refractivity contribution >= 4 is 16.8 Å². The Balaban J connectivity index is 2.17. The molecule has 1 unspecified atom stereocenters. The van der Waals surface area contributed by atoms with Gasteiger partial charge in [0.15, 0.2) is 0 Å². The van der Waals surface area contributed by atoms with E-state index in [4.69, 9.17) is 14.5 Å². The number of fused-ring (bicyclic) bond motifs is 1. The number of aromatic nitrogens is 2. The van der Waals surface area contributed by atoms with Crippen LogP contribution in [-0.2, 0) is 9.53 Å². The van der Waals surface area contributed by atoms with Crippen LogP contribution in [0.3, 0.4) is 0 Å². The van der Waals surface area contributed by atoms with Gasteiger partial charge in [-0.05, 0) is 55.7 Å². The molecule has 3 rings (SSSR count). The second kappa shape index (κ2) is 10.8. The fraction of sp³-hybridized carbons (Fsp3) is 0.444. The first-order valence-corrected chi connectivity index (χ1v) is 11.7. The van der Waals surface area contributed by atoms with Gasteiger partial charge in [-0.3, -0.25) is 14.2 Å². The van der Waals surface area contributed by atoms with Crippen LogP contribution in [0.15, 0.2) is 53.3 Å². The number of rotatable bonds is 9. The van der Waals surface area contributed by atoms with Crippen molar-refractivity contribution in [1.82, 2.24) is 14.5 Å². The average Bonchev–Trinajstić information content (AvgIpc) is 2.79. The van der Waals surface area contributed by atoms with Crippen molar-refractivity contribution in [2.75, 3.05) is 26.9 Å². The number of ether oxygens (including phenoxy) is 2. The molecule has 1 amide bonds. The Morgan fingerprint density at radius 3 is 2.41 bits per heavy atom. The van der Waals surface area contributed by atoms with E-state index in [0.29, 0.717) is 48.6 Å². The van der Waals surface area contributed by atoms with Crippen LogP contribution in [0, 0.1) is 5.41 Å². The minimum Gasteiger partial charge on any atom is -0.494 e. The molecule has 3 aromatic rings. The van der Waals surface area contributed by atoms with Crippen LogP contribution in [0.1, 0.15) is 52.9 Å². The Morgan fingerprint density at radius 1 is 1.12 bits per heavy atom. The summed E-state index contributed by atoms with van der Waals surface area (Å²) in [5.74, 6) is 1.23. The van der Waals surface area contributed by atoms with E-state index in [1.54, 1.807) is 22.6 Å². The van der Waals surface area contributed by atoms with Gasteiger partial charge in [-0.25, -0.2) is 4.98 Å². The Bertz CT molecular complexity index is 1180. The highest BCUT2D eigenvalue weighted by atomic mass is 16.5. The van der Waals surface area contributed by atoms with Gasteiger partial charge >= 0.3 is 0 Å². The van der Waals surface area contributed by atoms with Gasteiger partial charge in [-0.15, -0.1) is 0 Å². The quantitative estimate of drug-likeness (QED) is 0.456. The molecule has 0 spiro atoms. The van der Waals surface area contributed by atoms with E-state index >= 15 is 0 Å². The first-order valence-electron chi connectivity index (χ1n) is 11.7. The van der Waals surface area contributed by atoms with Crippen LogP contribution in [0.4, 0.5) is 0 Å². The molecule has 182 valence electrons. The van der Waals surface area contributed by atoms with Crippen molar-refractivity contribution in [3.63, 3.8) is 0 Å². The molecule has 7 heteroatoms. The SMILES string of the molecule is CCOc1ccc(-n2c(C(C)N(CCOC)C(=O)CC(C)(C)C)nc3ccccc3c2=O)cc1. The number of benzene rings is 2. The number of amides is 1. The van der Waals surface area contributed by atoms with Gasteiger partial charge in [0.05, 0.1) is 35.8 Å². The normalized spacial score (nSPS) is 12.5. The van der Waals surface area contributed by atoms with Gasteiger partial charge in [-0.2, -0.15) is 0 Å². The van der Waals surface area contributed by atoms with Crippen molar-refractivity contribution in [2.45, 2.75) is 47.1 Å². The lowest BCUT2D eigenvalue weighted by Gasteiger charge is -2.32. The summed E-state index contributed by atoms with van der Waals surface area (Å²) in [6.07, 6.45) is 0.377. The number of carbonyl (C=O) groups is 1. The van der Waals surface area contributed by atoms with Gasteiger partial charge in [0.25, 0.3) is 5.56 Å². The smallest absolute Gasteiger partial charge is 0.266 e. The van der Waals surface area contributed by atoms with Crippen LogP contribution >= 0.6 is 0 Å². The van der Waals surface area contributed by atoms with Crippen molar-refractivity contribution in [1.29, 1.82) is 0 Å². The monoisotopic (exact) mass is 465 g/mol. The summed E-state index contributed by atoms with van der Waals surface area (Å²) in [6.45, 7) is 11.3. The Kier molecular flexibility index (Phi) is 8.10. The number of hydrogen-bond donors (Lipinski definition) is 0. The van der Waals surface area contributed by atoms with E-state index in [0.717, 1.165) is 5.75 Å². The Hall–Kier alpha value is -3.19. The fourth-order valence-electron chi connectivity index (χ4n) is 3.96. The van der Waals surface area contributed by atoms with Crippen LogP contribution in [0.5, 0.6) is 5.75 Å². The van der Waals surface area contributed by atoms with E-state index in [9.17, 15) is 9.59 Å². The molecule has 34 heavy (non-hydrogen) atoms. The number of carbonyl (C=O) groups excluding carboxylic acids is 1. The average molecular weight is 466 g/mol. The molecule has 0 aliphatic heterocycles. The molecule has 0 bridgehead atoms. The first-order chi connectivity index (χ1) is 16.2. The number of methoxy groups -OCH3 is 1. The summed E-state index contributed by atoms with van der Waals surface area (Å²) < 4.78 is 12.5. The molecule has 0 saturated carbocycles. The second-order valence-corrected chi connectivity index (χ2v) is 9.55. The second-order valence-electron chi connectivity index (χ2n) is 9.55. The number of para-hydroxylation sites is 1. The third kappa shape index (κ3) is 5.83. The summed E-state index contributed by atoms with van der Waals surface area (Å²) in [6, 6.07) is 14.2. The van der Waals surface area contributed by atoms with E-state index in [-0.39, 0.29) is 16.9 Å². The zero-order valence-corrected chi connectivity index (χ0v) is 21.0. The standard InChI is InChI=1S/C27H35N3O4/c1-7-34-21-14-12-20(13-15-21)30-25(28-23-11-9-8-10-22(23)26(30)32)19(2)29(16-17-33-6)24(31)18-27(3,4)5/h8-15,19H,7,16-18H2,1-6H3. The third-order valence-electron chi connectivity index (χ3n) is 5.59. The molecule has 0 aliphatic carbocycles. The fourth-order valence-corrected chi connectivity index (χ4v) is 3.96. The predicted molar refractivity (Wildman–Crippen MR) is 135 cm³/mol. The van der Waals surface area contributed by atoms with Crippen LogP contribution in [0.2, 0.25) is 0 Å². The van der Waals surface area contributed by atoms with Crippen LogP contribution in [-0.4, -0.2) is 47.2 Å². The molecule has 0 radical (unpaired) electrons. The van der Waals surface area contributed by atoms with Gasteiger partial charge in [0.1, 0.15) is 11.6 Å². The van der Waals surface area contributed by atoms with Crippen LogP contribution < -0.4 is 10.3 Å². The summed E-state index contributed by atoms with van der Waals surface area (Å²) in [7, 11) is 1.61. The molecule has 1 aromatic heterocycles. The molecule has 7 nitrogen and oxygen atoms in total. The summed E-state index contributed by atoms with van der Waals surface area (Å²) in [5.41, 5.74) is 0.926. The van der Waals surface area contributed by atoms with E-state index < -0.39 is 6.04 Å². The highest BCUT2D eigenvalue weighted by molar-refractivity contribution is 5.79. The zero-order valence-electron chi connectivity index (χ0n) is 21.0. The third-order valence-corrected chi connectivity index (χ3v) is 5.59. The Morgan fingerprint density at radius 2 is 1.79 bits per heavy atom. The van der Waals surface area contributed by atoms with Crippen molar-refractivity contribution < 1.29 is 14.3 Å². The van der Waals surface area contributed by atoms with Crippen molar-refractivity contribution in [3.05, 3.63) is 64.7 Å². The predicted octanol–water partition coefficient (Wildman–Crippen LogP) is 4.76. The van der Waals surface area contributed by atoms with Gasteiger partial charge in [0, 0.05) is 20.1 Å². The van der Waals surface area contributed by atoms with E-state index in [2.05, 4.69) is 0 Å². The summed E-state index contributed by atoms with van der Waals surface area (Å²) >= 11 is 0. The molecule has 0 N–H and O–H groups in total. The molecule has 0 saturated heterocycles. The highest BCUT2D eigenvalue weighted by Crippen LogP contribution is 2.27. The van der Waals surface area contributed by atoms with Gasteiger partial charge in [-0.1, -0.05) is 32.9 Å². The zero-order chi connectivity index (χ0) is 24.9. The minimum atomic E-state index is -0.450. The lowest BCUT2D eigenvalue weighted by atomic mass is 9.91. The summed E-state index contributed by atoms with van der Waals surface area (Å²) in [5, 5.41) is 0.525. The van der Waals surface area contributed by atoms with Gasteiger partial charge in [0.2, 0.25) is 5.91 Å². The van der Waals surface area contributed by atoms with E-state index in [1.807, 2.05) is 77.1 Å². The molecular formula is C27H35N3O4. The molecular weight excluding hydrogens is 430 g/mol. The Labute approximate surface area is 201 Å². The maximum atomic E-state index is 13.7. The molecule has 0 fully saturated rings. The largest absolute Gasteiger partial charge is 0.494 e. The molecule has 0 aliphatic rings.